The molecule has 0 aliphatic heterocycles. The molecule has 1 aliphatic rings. The molecular weight excluding hydrogens is 112 g/mol. The molecule has 0 N–H and O–H groups in total. The van der Waals surface area contributed by atoms with E-state index >= 15 is 0 Å². The van der Waals surface area contributed by atoms with Crippen LogP contribution in [0, 0.1) is 6.42 Å². The molecule has 0 heterocycles. The summed E-state index contributed by atoms with van der Waals surface area (Å²) in [7, 11) is 0. The third-order valence-electron chi connectivity index (χ3n) is 1.80. The van der Waals surface area contributed by atoms with Gasteiger partial charge in [0.1, 0.15) is 0 Å². The predicted octanol–water partition coefficient (Wildman–Crippen LogP) is 2.17. The molecule has 1 aliphatic carbocycles. The third-order valence-corrected chi connectivity index (χ3v) is 1.80. The third kappa shape index (κ3) is 2.35. The quantitative estimate of drug-likeness (QED) is 0.564. The lowest BCUT2D eigenvalue weighted by Crippen LogP contribution is -2.07. The van der Waals surface area contributed by atoms with E-state index in [4.69, 9.17) is 4.74 Å². The average Bonchev–Trinajstić information content (AvgIpc) is 2.34. The molecule has 53 valence electrons. The van der Waals surface area contributed by atoms with E-state index < -0.39 is 0 Å². The van der Waals surface area contributed by atoms with Gasteiger partial charge in [0.25, 0.3) is 0 Å². The minimum absolute atomic E-state index is 0.584. The summed E-state index contributed by atoms with van der Waals surface area (Å²) >= 11 is 0. The lowest BCUT2D eigenvalue weighted by Gasteiger charge is -2.08. The van der Waals surface area contributed by atoms with E-state index in [9.17, 15) is 0 Å². The zero-order chi connectivity index (χ0) is 6.53. The van der Waals surface area contributed by atoms with E-state index in [0.29, 0.717) is 6.10 Å². The topological polar surface area (TPSA) is 9.23 Å². The molecule has 0 aromatic rings. The van der Waals surface area contributed by atoms with E-state index in [1.807, 2.05) is 6.92 Å². The van der Waals surface area contributed by atoms with Gasteiger partial charge in [-0.05, 0) is 19.3 Å². The highest BCUT2D eigenvalue weighted by Gasteiger charge is 2.13. The second kappa shape index (κ2) is 3.89. The first-order valence-corrected chi connectivity index (χ1v) is 3.83. The van der Waals surface area contributed by atoms with Crippen molar-refractivity contribution >= 4 is 0 Å². The molecule has 0 spiro atoms. The lowest BCUT2D eigenvalue weighted by molar-refractivity contribution is 0.0738. The van der Waals surface area contributed by atoms with Gasteiger partial charge in [-0.2, -0.15) is 0 Å². The molecule has 1 nitrogen and oxygen atoms in total. The van der Waals surface area contributed by atoms with Crippen LogP contribution in [0.4, 0.5) is 0 Å². The standard InChI is InChI=1S/C8H15O/c1-2-7-9-8-5-3-4-6-8/h2,8H,3-7H2,1H3. The van der Waals surface area contributed by atoms with Gasteiger partial charge in [0.15, 0.2) is 0 Å². The zero-order valence-electron chi connectivity index (χ0n) is 6.10. The van der Waals surface area contributed by atoms with Gasteiger partial charge in [0.2, 0.25) is 0 Å². The van der Waals surface area contributed by atoms with E-state index in [1.54, 1.807) is 0 Å². The predicted molar refractivity (Wildman–Crippen MR) is 38.2 cm³/mol. The van der Waals surface area contributed by atoms with Crippen LogP contribution in [0.3, 0.4) is 0 Å². The highest BCUT2D eigenvalue weighted by Crippen LogP contribution is 2.20. The molecule has 0 unspecified atom stereocenters. The van der Waals surface area contributed by atoms with Gasteiger partial charge < -0.3 is 4.74 Å². The summed E-state index contributed by atoms with van der Waals surface area (Å²) in [6.07, 6.45) is 7.96. The Kier molecular flexibility index (Phi) is 3.05. The summed E-state index contributed by atoms with van der Waals surface area (Å²) in [4.78, 5) is 0. The first kappa shape index (κ1) is 7.07. The lowest BCUT2D eigenvalue weighted by atomic mass is 10.3. The fourth-order valence-electron chi connectivity index (χ4n) is 1.29. The highest BCUT2D eigenvalue weighted by molar-refractivity contribution is 4.67. The summed E-state index contributed by atoms with van der Waals surface area (Å²) < 4.78 is 5.50. The number of hydrogen-bond donors (Lipinski definition) is 0. The van der Waals surface area contributed by atoms with Crippen LogP contribution in [0.25, 0.3) is 0 Å². The summed E-state index contributed by atoms with van der Waals surface area (Å²) in [5, 5.41) is 0. The van der Waals surface area contributed by atoms with Gasteiger partial charge >= 0.3 is 0 Å². The molecule has 1 fully saturated rings. The summed E-state index contributed by atoms with van der Waals surface area (Å²) in [6, 6.07) is 0. The fraction of sp³-hybridized carbons (Fsp3) is 0.875. The van der Waals surface area contributed by atoms with Gasteiger partial charge in [-0.3, -0.25) is 0 Å². The zero-order valence-corrected chi connectivity index (χ0v) is 6.10. The van der Waals surface area contributed by atoms with Gasteiger partial charge in [-0.15, -0.1) is 0 Å². The molecule has 0 atom stereocenters. The van der Waals surface area contributed by atoms with Crippen molar-refractivity contribution in [3.63, 3.8) is 0 Å². The van der Waals surface area contributed by atoms with Crippen LogP contribution in [-0.4, -0.2) is 12.7 Å². The van der Waals surface area contributed by atoms with E-state index in [1.165, 1.54) is 25.7 Å². The van der Waals surface area contributed by atoms with Gasteiger partial charge in [0, 0.05) is 6.61 Å². The van der Waals surface area contributed by atoms with Crippen molar-refractivity contribution in [3.05, 3.63) is 6.42 Å². The number of ether oxygens (including phenoxy) is 1. The fourth-order valence-corrected chi connectivity index (χ4v) is 1.29. The SMILES string of the molecule is C[CH]COC1CCCC1. The van der Waals surface area contributed by atoms with Crippen LogP contribution in [-0.2, 0) is 4.74 Å². The second-order valence-electron chi connectivity index (χ2n) is 2.65. The van der Waals surface area contributed by atoms with Crippen molar-refractivity contribution in [3.8, 4) is 0 Å². The summed E-state index contributed by atoms with van der Waals surface area (Å²) in [5.74, 6) is 0. The summed E-state index contributed by atoms with van der Waals surface area (Å²) in [6.45, 7) is 2.87. The Balaban J connectivity index is 1.98. The Morgan fingerprint density at radius 2 is 2.11 bits per heavy atom. The van der Waals surface area contributed by atoms with E-state index in [0.717, 1.165) is 6.61 Å². The van der Waals surface area contributed by atoms with Crippen molar-refractivity contribution < 1.29 is 4.74 Å². The summed E-state index contributed by atoms with van der Waals surface area (Å²) in [5.41, 5.74) is 0. The van der Waals surface area contributed by atoms with Crippen LogP contribution in [0.5, 0.6) is 0 Å². The monoisotopic (exact) mass is 127 g/mol. The number of rotatable bonds is 3. The normalized spacial score (nSPS) is 21.0. The molecule has 1 rings (SSSR count). The van der Waals surface area contributed by atoms with Gasteiger partial charge in [0.05, 0.1) is 6.10 Å². The molecule has 1 saturated carbocycles. The minimum atomic E-state index is 0.584. The van der Waals surface area contributed by atoms with E-state index in [-0.39, 0.29) is 0 Å². The molecule has 0 amide bonds. The molecule has 1 heteroatoms. The van der Waals surface area contributed by atoms with Crippen molar-refractivity contribution in [2.24, 2.45) is 0 Å². The minimum Gasteiger partial charge on any atom is -0.378 e. The maximum absolute atomic E-state index is 5.50. The Morgan fingerprint density at radius 3 is 2.67 bits per heavy atom. The van der Waals surface area contributed by atoms with Crippen molar-refractivity contribution in [1.82, 2.24) is 0 Å². The maximum atomic E-state index is 5.50. The van der Waals surface area contributed by atoms with E-state index in [2.05, 4.69) is 6.42 Å². The molecule has 0 aromatic heterocycles. The number of hydrogen-bond acceptors (Lipinski definition) is 1. The molecule has 9 heavy (non-hydrogen) atoms. The molecular formula is C8H15O. The van der Waals surface area contributed by atoms with Gasteiger partial charge in [-0.1, -0.05) is 19.8 Å². The van der Waals surface area contributed by atoms with Crippen molar-refractivity contribution in [2.45, 2.75) is 38.7 Å². The highest BCUT2D eigenvalue weighted by atomic mass is 16.5. The average molecular weight is 127 g/mol. The molecule has 0 saturated heterocycles. The van der Waals surface area contributed by atoms with Crippen LogP contribution in [0.15, 0.2) is 0 Å². The van der Waals surface area contributed by atoms with Crippen LogP contribution < -0.4 is 0 Å². The van der Waals surface area contributed by atoms with Gasteiger partial charge in [-0.25, -0.2) is 0 Å². The van der Waals surface area contributed by atoms with Crippen LogP contribution in [0.1, 0.15) is 32.6 Å². The Morgan fingerprint density at radius 1 is 1.44 bits per heavy atom. The molecule has 0 aromatic carbocycles. The Bertz CT molecular complexity index is 65.0. The van der Waals surface area contributed by atoms with Crippen LogP contribution >= 0.6 is 0 Å². The Hall–Kier alpha value is -0.0400. The smallest absolute Gasteiger partial charge is 0.0575 e. The van der Waals surface area contributed by atoms with Crippen molar-refractivity contribution in [2.75, 3.05) is 6.61 Å². The first-order chi connectivity index (χ1) is 4.43. The molecule has 0 bridgehead atoms. The molecule has 1 radical (unpaired) electrons. The maximum Gasteiger partial charge on any atom is 0.0575 e. The largest absolute Gasteiger partial charge is 0.378 e. The van der Waals surface area contributed by atoms with Crippen molar-refractivity contribution in [1.29, 1.82) is 0 Å². The Labute approximate surface area is 57.4 Å². The first-order valence-electron chi connectivity index (χ1n) is 3.83. The van der Waals surface area contributed by atoms with Crippen LogP contribution in [0.2, 0.25) is 0 Å². The second-order valence-corrected chi connectivity index (χ2v) is 2.65.